The van der Waals surface area contributed by atoms with E-state index in [9.17, 15) is 4.79 Å². The van der Waals surface area contributed by atoms with Crippen molar-refractivity contribution in [3.8, 4) is 0 Å². The monoisotopic (exact) mass is 383 g/mol. The van der Waals surface area contributed by atoms with Crippen molar-refractivity contribution in [3.05, 3.63) is 47.1 Å². The number of nitrogens with one attached hydrogen (secondary N) is 1. The highest BCUT2D eigenvalue weighted by molar-refractivity contribution is 5.95. The highest BCUT2D eigenvalue weighted by Crippen LogP contribution is 2.39. The zero-order valence-corrected chi connectivity index (χ0v) is 17.3. The molecule has 1 saturated heterocycles. The third-order valence-electron chi connectivity index (χ3n) is 5.80. The zero-order chi connectivity index (χ0) is 20.1. The Morgan fingerprint density at radius 2 is 2.11 bits per heavy atom. The Morgan fingerprint density at radius 1 is 1.36 bits per heavy atom. The Balaban J connectivity index is 1.92. The first-order chi connectivity index (χ1) is 13.6. The number of Topliss-reactive ketones (excluding diaryl/α,β-unsaturated/α-hetero) is 1. The van der Waals surface area contributed by atoms with E-state index >= 15 is 0 Å². The van der Waals surface area contributed by atoms with E-state index in [-0.39, 0.29) is 11.9 Å². The topological polar surface area (TPSA) is 67.6 Å². The minimum Gasteiger partial charge on any atom is -0.381 e. The lowest BCUT2D eigenvalue weighted by molar-refractivity contribution is -0.115. The molecule has 2 aliphatic rings. The molecule has 3 rings (SSSR count). The first kappa shape index (κ1) is 20.6. The summed E-state index contributed by atoms with van der Waals surface area (Å²) in [5.41, 5.74) is 11.3. The molecule has 1 fully saturated rings. The summed E-state index contributed by atoms with van der Waals surface area (Å²) < 4.78 is 5.55. The van der Waals surface area contributed by atoms with Gasteiger partial charge in [-0.15, -0.1) is 0 Å². The molecule has 1 atom stereocenters. The first-order valence-electron chi connectivity index (χ1n) is 10.4. The number of nitrogens with zero attached hydrogens (tertiary/aromatic N) is 1. The number of hydrogen-bond donors (Lipinski definition) is 2. The second kappa shape index (κ2) is 9.39. The predicted octanol–water partition coefficient (Wildman–Crippen LogP) is 4.00. The molecule has 0 aromatic heterocycles. The quantitative estimate of drug-likeness (QED) is 0.550. The Kier molecular flexibility index (Phi) is 6.92. The van der Waals surface area contributed by atoms with Crippen LogP contribution in [-0.2, 0) is 16.1 Å². The third-order valence-corrected chi connectivity index (χ3v) is 5.80. The number of fused-ring (bicyclic) bond motifs is 1. The molecule has 1 aromatic carbocycles. The molecule has 0 radical (unpaired) electrons. The van der Waals surface area contributed by atoms with E-state index in [0.717, 1.165) is 55.0 Å². The normalized spacial score (nSPS) is 20.9. The molecule has 2 heterocycles. The number of ether oxygens (including phenoxy) is 1. The molecule has 5 heteroatoms. The van der Waals surface area contributed by atoms with Crippen molar-refractivity contribution in [1.82, 2.24) is 0 Å². The Morgan fingerprint density at radius 3 is 2.75 bits per heavy atom. The summed E-state index contributed by atoms with van der Waals surface area (Å²) in [5, 5.41) is 3.67. The molecular formula is C23H33N3O2. The molecule has 3 N–H and O–H groups in total. The van der Waals surface area contributed by atoms with Gasteiger partial charge in [0.2, 0.25) is 0 Å². The highest BCUT2D eigenvalue weighted by Gasteiger charge is 2.32. The summed E-state index contributed by atoms with van der Waals surface area (Å²) in [6, 6.07) is 6.40. The first-order valence-corrected chi connectivity index (χ1v) is 10.4. The molecule has 0 bridgehead atoms. The van der Waals surface area contributed by atoms with E-state index in [1.165, 1.54) is 5.69 Å². The lowest BCUT2D eigenvalue weighted by Gasteiger charge is -2.33. The molecule has 0 amide bonds. The van der Waals surface area contributed by atoms with Gasteiger partial charge in [-0.05, 0) is 67.5 Å². The maximum absolute atomic E-state index is 12.1. The van der Waals surface area contributed by atoms with E-state index < -0.39 is 0 Å². The van der Waals surface area contributed by atoms with Crippen molar-refractivity contribution >= 4 is 17.2 Å². The number of anilines is 2. The van der Waals surface area contributed by atoms with Crippen molar-refractivity contribution in [2.45, 2.75) is 52.7 Å². The van der Waals surface area contributed by atoms with Crippen molar-refractivity contribution < 1.29 is 9.53 Å². The van der Waals surface area contributed by atoms with Gasteiger partial charge in [-0.3, -0.25) is 4.79 Å². The van der Waals surface area contributed by atoms with Crippen LogP contribution in [0.1, 0.15) is 45.6 Å². The minimum atomic E-state index is 0.0236. The highest BCUT2D eigenvalue weighted by atomic mass is 16.5. The van der Waals surface area contributed by atoms with Gasteiger partial charge in [-0.1, -0.05) is 19.1 Å². The molecule has 0 aliphatic carbocycles. The van der Waals surface area contributed by atoms with Gasteiger partial charge in [0.05, 0.1) is 11.4 Å². The fourth-order valence-corrected chi connectivity index (χ4v) is 4.03. The van der Waals surface area contributed by atoms with Crippen LogP contribution in [0.25, 0.3) is 0 Å². The van der Waals surface area contributed by atoms with Gasteiger partial charge >= 0.3 is 0 Å². The molecule has 0 saturated carbocycles. The molecule has 1 unspecified atom stereocenters. The lowest BCUT2D eigenvalue weighted by Crippen LogP contribution is -2.41. The average molecular weight is 384 g/mol. The van der Waals surface area contributed by atoms with Gasteiger partial charge in [-0.25, -0.2) is 0 Å². The van der Waals surface area contributed by atoms with E-state index in [0.29, 0.717) is 18.9 Å². The summed E-state index contributed by atoms with van der Waals surface area (Å²) >= 11 is 0. The fourth-order valence-electron chi connectivity index (χ4n) is 4.03. The van der Waals surface area contributed by atoms with Crippen molar-refractivity contribution in [1.29, 1.82) is 0 Å². The number of ketones is 1. The number of allylic oxidation sites excluding steroid dienone is 2. The number of nitrogens with two attached hydrogens (primary N) is 1. The molecule has 5 nitrogen and oxygen atoms in total. The maximum atomic E-state index is 12.1. The summed E-state index contributed by atoms with van der Waals surface area (Å²) in [7, 11) is 0. The SMILES string of the molecule is C/C=C(\C=C(\C)C(=O)CC)C1Nc2ccc(CN)cc2N1CC1CCOCC1. The Labute approximate surface area is 168 Å². The van der Waals surface area contributed by atoms with Crippen molar-refractivity contribution in [2.75, 3.05) is 30.0 Å². The Bertz CT molecular complexity index is 763. The van der Waals surface area contributed by atoms with Gasteiger partial charge in [0.15, 0.2) is 5.78 Å². The number of carbonyl (C=O) groups is 1. The van der Waals surface area contributed by atoms with E-state index in [2.05, 4.69) is 34.5 Å². The van der Waals surface area contributed by atoms with Crippen LogP contribution in [0.3, 0.4) is 0 Å². The molecule has 0 spiro atoms. The van der Waals surface area contributed by atoms with Crippen LogP contribution in [-0.4, -0.2) is 31.7 Å². The number of carbonyl (C=O) groups excluding carboxylic acids is 1. The zero-order valence-electron chi connectivity index (χ0n) is 17.3. The lowest BCUT2D eigenvalue weighted by atomic mass is 9.98. The van der Waals surface area contributed by atoms with E-state index in [1.54, 1.807) is 0 Å². The van der Waals surface area contributed by atoms with Gasteiger partial charge in [0, 0.05) is 32.7 Å². The molecule has 1 aromatic rings. The fraction of sp³-hybridized carbons (Fsp3) is 0.522. The molecule has 152 valence electrons. The third kappa shape index (κ3) is 4.47. The van der Waals surface area contributed by atoms with Crippen LogP contribution in [0.2, 0.25) is 0 Å². The maximum Gasteiger partial charge on any atom is 0.158 e. The van der Waals surface area contributed by atoms with Gasteiger partial charge in [-0.2, -0.15) is 0 Å². The summed E-state index contributed by atoms with van der Waals surface area (Å²) in [5.74, 6) is 0.794. The van der Waals surface area contributed by atoms with Crippen LogP contribution in [0, 0.1) is 5.92 Å². The minimum absolute atomic E-state index is 0.0236. The predicted molar refractivity (Wildman–Crippen MR) is 115 cm³/mol. The molecule has 2 aliphatic heterocycles. The van der Waals surface area contributed by atoms with Gasteiger partial charge in [0.25, 0.3) is 0 Å². The molecule has 28 heavy (non-hydrogen) atoms. The second-order valence-electron chi connectivity index (χ2n) is 7.70. The van der Waals surface area contributed by atoms with Gasteiger partial charge in [0.1, 0.15) is 6.17 Å². The molecular weight excluding hydrogens is 350 g/mol. The summed E-state index contributed by atoms with van der Waals surface area (Å²) in [6.45, 7) is 9.03. The van der Waals surface area contributed by atoms with Crippen LogP contribution >= 0.6 is 0 Å². The van der Waals surface area contributed by atoms with Crippen molar-refractivity contribution in [3.63, 3.8) is 0 Å². The van der Waals surface area contributed by atoms with E-state index in [4.69, 9.17) is 10.5 Å². The second-order valence-corrected chi connectivity index (χ2v) is 7.70. The van der Waals surface area contributed by atoms with E-state index in [1.807, 2.05) is 26.8 Å². The Hall–Kier alpha value is -2.11. The van der Waals surface area contributed by atoms with Crippen LogP contribution in [0.15, 0.2) is 41.5 Å². The van der Waals surface area contributed by atoms with Crippen LogP contribution in [0.5, 0.6) is 0 Å². The largest absolute Gasteiger partial charge is 0.381 e. The summed E-state index contributed by atoms with van der Waals surface area (Å²) in [4.78, 5) is 14.6. The summed E-state index contributed by atoms with van der Waals surface area (Å²) in [6.07, 6.45) is 6.87. The number of benzene rings is 1. The number of rotatable bonds is 7. The smallest absolute Gasteiger partial charge is 0.158 e. The number of hydrogen-bond acceptors (Lipinski definition) is 5. The average Bonchev–Trinajstić information content (AvgIpc) is 3.09. The van der Waals surface area contributed by atoms with Gasteiger partial charge < -0.3 is 20.7 Å². The van der Waals surface area contributed by atoms with Crippen molar-refractivity contribution in [2.24, 2.45) is 11.7 Å². The van der Waals surface area contributed by atoms with Crippen LogP contribution < -0.4 is 16.0 Å². The standard InChI is InChI=1S/C23H33N3O2/c1-4-19(12-16(3)22(27)5-2)23-25-20-7-6-18(14-24)13-21(20)26(23)15-17-8-10-28-11-9-17/h4,6-7,12-13,17,23,25H,5,8-11,14-15,24H2,1-3H3/b16-12-,19-4+. The van der Waals surface area contributed by atoms with Crippen LogP contribution in [0.4, 0.5) is 11.4 Å².